The molecule has 0 spiro atoms. The van der Waals surface area contributed by atoms with Crippen molar-refractivity contribution in [1.82, 2.24) is 5.32 Å². The summed E-state index contributed by atoms with van der Waals surface area (Å²) in [7, 11) is 0. The van der Waals surface area contributed by atoms with Crippen LogP contribution in [0.25, 0.3) is 0 Å². The molecule has 0 aliphatic heterocycles. The van der Waals surface area contributed by atoms with Crippen molar-refractivity contribution in [3.63, 3.8) is 0 Å². The lowest BCUT2D eigenvalue weighted by molar-refractivity contribution is -0.125. The summed E-state index contributed by atoms with van der Waals surface area (Å²) in [4.78, 5) is 37.0. The third-order valence-electron chi connectivity index (χ3n) is 4.87. The van der Waals surface area contributed by atoms with Crippen molar-refractivity contribution in [3.8, 4) is 0 Å². The van der Waals surface area contributed by atoms with Gasteiger partial charge in [0, 0.05) is 11.1 Å². The highest BCUT2D eigenvalue weighted by Gasteiger charge is 2.16. The van der Waals surface area contributed by atoms with Gasteiger partial charge in [0.15, 0.2) is 12.4 Å². The van der Waals surface area contributed by atoms with E-state index in [9.17, 15) is 14.4 Å². The minimum atomic E-state index is -0.611. The van der Waals surface area contributed by atoms with Gasteiger partial charge in [0.25, 0.3) is 5.91 Å². The largest absolute Gasteiger partial charge is 0.452 e. The quantitative estimate of drug-likeness (QED) is 0.405. The smallest absolute Gasteiger partial charge is 0.338 e. The van der Waals surface area contributed by atoms with Gasteiger partial charge in [0.05, 0.1) is 11.6 Å². The van der Waals surface area contributed by atoms with E-state index in [1.54, 1.807) is 36.4 Å². The van der Waals surface area contributed by atoms with Crippen LogP contribution in [0.1, 0.15) is 57.7 Å². The number of hydrogen-bond acceptors (Lipinski definition) is 4. The summed E-state index contributed by atoms with van der Waals surface area (Å²) in [6.07, 6.45) is 1.70. The maximum atomic E-state index is 12.4. The molecule has 0 bridgehead atoms. The van der Waals surface area contributed by atoms with Crippen molar-refractivity contribution in [2.45, 2.75) is 25.8 Å². The lowest BCUT2D eigenvalue weighted by atomic mass is 10.0. The Bertz CT molecular complexity index is 1010. The fourth-order valence-electron chi connectivity index (χ4n) is 3.26. The van der Waals surface area contributed by atoms with Gasteiger partial charge in [-0.25, -0.2) is 4.79 Å². The Labute approximate surface area is 182 Å². The van der Waals surface area contributed by atoms with Crippen LogP contribution < -0.4 is 5.32 Å². The molecule has 158 valence electrons. The number of amides is 1. The SMILES string of the molecule is CCC[C@@H](NC(=O)COC(=O)c1ccc(C(=O)c2ccccc2)cc1)c1ccccc1. The molecule has 5 nitrogen and oxygen atoms in total. The average molecular weight is 415 g/mol. The van der Waals surface area contributed by atoms with Crippen LogP contribution in [0.15, 0.2) is 84.9 Å². The van der Waals surface area contributed by atoms with Crippen LogP contribution in [0.2, 0.25) is 0 Å². The van der Waals surface area contributed by atoms with Crippen LogP contribution in [0.5, 0.6) is 0 Å². The van der Waals surface area contributed by atoms with E-state index < -0.39 is 5.97 Å². The van der Waals surface area contributed by atoms with Gasteiger partial charge in [-0.3, -0.25) is 9.59 Å². The number of carbonyl (C=O) groups excluding carboxylic acids is 3. The molecule has 0 aromatic heterocycles. The molecule has 0 aliphatic rings. The molecule has 0 saturated heterocycles. The highest BCUT2D eigenvalue weighted by Crippen LogP contribution is 2.18. The Hall–Kier alpha value is -3.73. The standard InChI is InChI=1S/C26H25NO4/c1-2-9-23(19-10-5-3-6-11-19)27-24(28)18-31-26(30)22-16-14-21(15-17-22)25(29)20-12-7-4-8-13-20/h3-8,10-17,23H,2,9,18H2,1H3,(H,27,28)/t23-/m1/s1. The maximum absolute atomic E-state index is 12.4. The fraction of sp³-hybridized carbons (Fsp3) is 0.192. The van der Waals surface area contributed by atoms with Gasteiger partial charge in [-0.05, 0) is 24.1 Å². The van der Waals surface area contributed by atoms with Crippen molar-refractivity contribution in [2.24, 2.45) is 0 Å². The van der Waals surface area contributed by atoms with Crippen molar-refractivity contribution in [2.75, 3.05) is 6.61 Å². The Morgan fingerprint density at radius 2 is 1.32 bits per heavy atom. The molecule has 1 N–H and O–H groups in total. The number of esters is 1. The third-order valence-corrected chi connectivity index (χ3v) is 4.87. The Kier molecular flexibility index (Phi) is 7.71. The molecule has 0 heterocycles. The van der Waals surface area contributed by atoms with Gasteiger partial charge in [-0.15, -0.1) is 0 Å². The molecular formula is C26H25NO4. The number of ketones is 1. The Balaban J connectivity index is 1.55. The topological polar surface area (TPSA) is 72.5 Å². The van der Waals surface area contributed by atoms with Gasteiger partial charge in [0.2, 0.25) is 0 Å². The minimum absolute atomic E-state index is 0.122. The number of ether oxygens (including phenoxy) is 1. The Morgan fingerprint density at radius 1 is 0.774 bits per heavy atom. The first-order valence-corrected chi connectivity index (χ1v) is 10.3. The normalized spacial score (nSPS) is 11.4. The summed E-state index contributed by atoms with van der Waals surface area (Å²) in [5, 5.41) is 2.92. The molecule has 0 aliphatic carbocycles. The molecule has 0 saturated carbocycles. The molecule has 0 unspecified atom stereocenters. The zero-order chi connectivity index (χ0) is 22.1. The van der Waals surface area contributed by atoms with Gasteiger partial charge in [-0.2, -0.15) is 0 Å². The number of rotatable bonds is 9. The molecular weight excluding hydrogens is 390 g/mol. The van der Waals surface area contributed by atoms with Gasteiger partial charge < -0.3 is 10.1 Å². The zero-order valence-corrected chi connectivity index (χ0v) is 17.4. The molecule has 0 radical (unpaired) electrons. The first-order valence-electron chi connectivity index (χ1n) is 10.3. The summed E-state index contributed by atoms with van der Waals surface area (Å²) in [5.41, 5.74) is 2.36. The van der Waals surface area contributed by atoms with E-state index in [1.807, 2.05) is 43.3 Å². The van der Waals surface area contributed by atoms with Crippen molar-refractivity contribution < 1.29 is 19.1 Å². The van der Waals surface area contributed by atoms with Crippen LogP contribution in [0.3, 0.4) is 0 Å². The van der Waals surface area contributed by atoms with Crippen molar-refractivity contribution in [1.29, 1.82) is 0 Å². The fourth-order valence-corrected chi connectivity index (χ4v) is 3.26. The number of carbonyl (C=O) groups is 3. The van der Waals surface area contributed by atoms with E-state index in [2.05, 4.69) is 5.32 Å². The highest BCUT2D eigenvalue weighted by atomic mass is 16.5. The minimum Gasteiger partial charge on any atom is -0.452 e. The van der Waals surface area contributed by atoms with Gasteiger partial charge in [-0.1, -0.05) is 86.1 Å². The maximum Gasteiger partial charge on any atom is 0.338 e. The van der Waals surface area contributed by atoms with Crippen LogP contribution in [0, 0.1) is 0 Å². The average Bonchev–Trinajstić information content (AvgIpc) is 2.83. The van der Waals surface area contributed by atoms with Crippen LogP contribution in [-0.4, -0.2) is 24.3 Å². The Morgan fingerprint density at radius 3 is 1.94 bits per heavy atom. The molecule has 3 aromatic rings. The first kappa shape index (κ1) is 22.0. The summed E-state index contributed by atoms with van der Waals surface area (Å²) in [6.45, 7) is 1.69. The molecule has 31 heavy (non-hydrogen) atoms. The highest BCUT2D eigenvalue weighted by molar-refractivity contribution is 6.09. The predicted octanol–water partition coefficient (Wildman–Crippen LogP) is 4.73. The lowest BCUT2D eigenvalue weighted by Crippen LogP contribution is -2.32. The lowest BCUT2D eigenvalue weighted by Gasteiger charge is -2.18. The second kappa shape index (κ2) is 10.9. The predicted molar refractivity (Wildman–Crippen MR) is 119 cm³/mol. The summed E-state index contributed by atoms with van der Waals surface area (Å²) >= 11 is 0. The van der Waals surface area contributed by atoms with E-state index in [0.29, 0.717) is 11.1 Å². The van der Waals surface area contributed by atoms with E-state index in [0.717, 1.165) is 18.4 Å². The summed E-state index contributed by atoms with van der Waals surface area (Å²) in [5.74, 6) is -1.09. The molecule has 3 rings (SSSR count). The first-order chi connectivity index (χ1) is 15.1. The molecule has 1 atom stereocenters. The number of nitrogens with one attached hydrogen (secondary N) is 1. The van der Waals surface area contributed by atoms with Gasteiger partial charge >= 0.3 is 5.97 Å². The van der Waals surface area contributed by atoms with E-state index in [-0.39, 0.29) is 29.9 Å². The van der Waals surface area contributed by atoms with E-state index >= 15 is 0 Å². The summed E-state index contributed by atoms with van der Waals surface area (Å²) < 4.78 is 5.15. The van der Waals surface area contributed by atoms with Crippen LogP contribution >= 0.6 is 0 Å². The van der Waals surface area contributed by atoms with Gasteiger partial charge in [0.1, 0.15) is 0 Å². The van der Waals surface area contributed by atoms with Crippen molar-refractivity contribution in [3.05, 3.63) is 107 Å². The van der Waals surface area contributed by atoms with E-state index in [4.69, 9.17) is 4.74 Å². The number of benzene rings is 3. The molecule has 0 fully saturated rings. The third kappa shape index (κ3) is 6.12. The second-order valence-corrected chi connectivity index (χ2v) is 7.17. The molecule has 1 amide bonds. The van der Waals surface area contributed by atoms with Crippen LogP contribution in [0.4, 0.5) is 0 Å². The zero-order valence-electron chi connectivity index (χ0n) is 17.4. The monoisotopic (exact) mass is 415 g/mol. The molecule has 5 heteroatoms. The number of hydrogen-bond donors (Lipinski definition) is 1. The van der Waals surface area contributed by atoms with Crippen LogP contribution in [-0.2, 0) is 9.53 Å². The van der Waals surface area contributed by atoms with Crippen molar-refractivity contribution >= 4 is 17.7 Å². The summed E-state index contributed by atoms with van der Waals surface area (Å²) in [6, 6.07) is 24.7. The second-order valence-electron chi connectivity index (χ2n) is 7.17. The molecule has 3 aromatic carbocycles. The van der Waals surface area contributed by atoms with E-state index in [1.165, 1.54) is 12.1 Å².